The molecule has 1 aliphatic carbocycles. The lowest BCUT2D eigenvalue weighted by Crippen LogP contribution is -2.35. The second-order valence-corrected chi connectivity index (χ2v) is 15.4. The first-order chi connectivity index (χ1) is 29.7. The van der Waals surface area contributed by atoms with Crippen molar-refractivity contribution in [1.82, 2.24) is 19.9 Å². The number of para-hydroxylation sites is 1. The molecule has 0 bridgehead atoms. The van der Waals surface area contributed by atoms with E-state index in [1.807, 2.05) is 30.5 Å². The van der Waals surface area contributed by atoms with Gasteiger partial charge in [-0.15, -0.1) is 0 Å². The highest BCUT2D eigenvalue weighted by Gasteiger charge is 2.49. The molecule has 1 unspecified atom stereocenters. The van der Waals surface area contributed by atoms with E-state index in [-0.39, 0.29) is 0 Å². The molecule has 2 aromatic heterocycles. The van der Waals surface area contributed by atoms with Crippen LogP contribution in [-0.4, -0.2) is 19.9 Å². The van der Waals surface area contributed by atoms with Crippen LogP contribution in [0.15, 0.2) is 207 Å². The van der Waals surface area contributed by atoms with Gasteiger partial charge in [0.25, 0.3) is 0 Å². The highest BCUT2D eigenvalue weighted by Crippen LogP contribution is 2.62. The van der Waals surface area contributed by atoms with Crippen LogP contribution in [0.25, 0.3) is 78.3 Å². The van der Waals surface area contributed by atoms with E-state index in [0.29, 0.717) is 17.5 Å². The van der Waals surface area contributed by atoms with E-state index in [1.165, 1.54) is 22.3 Å². The number of nitrogens with zero attached hydrogens (tertiary/aromatic N) is 4. The summed E-state index contributed by atoms with van der Waals surface area (Å²) >= 11 is 0. The summed E-state index contributed by atoms with van der Waals surface area (Å²) in [6.45, 7) is 0. The molecule has 3 heterocycles. The summed E-state index contributed by atoms with van der Waals surface area (Å²) in [5.41, 5.74) is 13.2. The maximum Gasteiger partial charge on any atom is 0.164 e. The zero-order chi connectivity index (χ0) is 39.6. The van der Waals surface area contributed by atoms with Crippen molar-refractivity contribution < 1.29 is 4.74 Å². The van der Waals surface area contributed by atoms with Crippen molar-refractivity contribution in [1.29, 1.82) is 0 Å². The molecular formula is C55H34N4O. The van der Waals surface area contributed by atoms with Crippen LogP contribution in [-0.2, 0) is 5.41 Å². The predicted molar refractivity (Wildman–Crippen MR) is 240 cm³/mol. The highest BCUT2D eigenvalue weighted by molar-refractivity contribution is 5.98. The molecule has 0 saturated heterocycles. The van der Waals surface area contributed by atoms with E-state index in [9.17, 15) is 0 Å². The summed E-state index contributed by atoms with van der Waals surface area (Å²) in [7, 11) is 0. The Morgan fingerprint density at radius 2 is 0.950 bits per heavy atom. The molecule has 60 heavy (non-hydrogen) atoms. The smallest absolute Gasteiger partial charge is 0.164 e. The van der Waals surface area contributed by atoms with Crippen LogP contribution in [0.3, 0.4) is 0 Å². The number of pyridine rings is 1. The SMILES string of the molecule is c1ccc(-c2nc(-c3ccc(-c4cccnc4)cc3)nc(-c3ccc4c(c3)C3(c5ccccc5Oc5c3ccc3ccccc53)c3ccccc3-c3ccccc3-4)n2)cc1. The van der Waals surface area contributed by atoms with E-state index < -0.39 is 5.41 Å². The second-order valence-electron chi connectivity index (χ2n) is 15.4. The Balaban J connectivity index is 1.15. The third kappa shape index (κ3) is 5.19. The van der Waals surface area contributed by atoms with Gasteiger partial charge in [-0.25, -0.2) is 15.0 Å². The third-order valence-electron chi connectivity index (χ3n) is 12.1. The van der Waals surface area contributed by atoms with Crippen molar-refractivity contribution in [2.45, 2.75) is 5.41 Å². The molecule has 5 nitrogen and oxygen atoms in total. The van der Waals surface area contributed by atoms with Crippen LogP contribution < -0.4 is 4.74 Å². The summed E-state index contributed by atoms with van der Waals surface area (Å²) in [5, 5.41) is 2.20. The monoisotopic (exact) mass is 766 g/mol. The largest absolute Gasteiger partial charge is 0.456 e. The molecule has 1 aliphatic heterocycles. The average molecular weight is 767 g/mol. The summed E-state index contributed by atoms with van der Waals surface area (Å²) in [4.78, 5) is 19.9. The molecule has 2 aliphatic rings. The van der Waals surface area contributed by atoms with Gasteiger partial charge in [-0.05, 0) is 68.1 Å². The lowest BCUT2D eigenvalue weighted by Gasteiger charge is -2.42. The highest BCUT2D eigenvalue weighted by atomic mass is 16.5. The quantitative estimate of drug-likeness (QED) is 0.178. The first-order valence-electron chi connectivity index (χ1n) is 20.2. The maximum atomic E-state index is 7.01. The molecular weight excluding hydrogens is 733 g/mol. The Hall–Kier alpha value is -8.02. The average Bonchev–Trinajstić information content (AvgIpc) is 3.43. The Labute approximate surface area is 347 Å². The summed E-state index contributed by atoms with van der Waals surface area (Å²) < 4.78 is 7.01. The number of hydrogen-bond acceptors (Lipinski definition) is 5. The summed E-state index contributed by atoms with van der Waals surface area (Å²) in [5.74, 6) is 3.51. The lowest BCUT2D eigenvalue weighted by atomic mass is 9.61. The van der Waals surface area contributed by atoms with E-state index in [0.717, 1.165) is 72.3 Å². The Kier molecular flexibility index (Phi) is 7.69. The number of benzene rings is 8. The van der Waals surface area contributed by atoms with E-state index in [2.05, 4.69) is 175 Å². The summed E-state index contributed by atoms with van der Waals surface area (Å²) in [6.07, 6.45) is 3.67. The maximum absolute atomic E-state index is 7.01. The molecule has 5 heteroatoms. The van der Waals surface area contributed by atoms with Crippen LogP contribution >= 0.6 is 0 Å². The fourth-order valence-corrected chi connectivity index (χ4v) is 9.42. The second kappa shape index (κ2) is 13.5. The van der Waals surface area contributed by atoms with Gasteiger partial charge in [-0.3, -0.25) is 4.98 Å². The van der Waals surface area contributed by atoms with Gasteiger partial charge in [-0.2, -0.15) is 0 Å². The molecule has 1 spiro atoms. The minimum atomic E-state index is -0.782. The Morgan fingerprint density at radius 1 is 0.367 bits per heavy atom. The van der Waals surface area contributed by atoms with Crippen LogP contribution in [0.1, 0.15) is 22.3 Å². The zero-order valence-electron chi connectivity index (χ0n) is 32.3. The number of aromatic nitrogens is 4. The van der Waals surface area contributed by atoms with Gasteiger partial charge in [0.2, 0.25) is 0 Å². The predicted octanol–water partition coefficient (Wildman–Crippen LogP) is 13.2. The number of rotatable bonds is 4. The molecule has 0 N–H and O–H groups in total. The van der Waals surface area contributed by atoms with Crippen LogP contribution in [0, 0.1) is 0 Å². The standard InChI is InChI=1S/C55H34N4O/c1-2-14-37(15-3-1)52-57-53(38-26-24-35(25-27-38)40-16-12-32-56-34-40)59-54(58-52)39-28-30-45-43-19-7-6-18-42(43)44-20-8-9-21-46(44)55(49(45)33-39)47-22-10-11-23-50(47)60-51-41-17-5-4-13-36(41)29-31-48(51)55/h1-34H. The molecule has 0 amide bonds. The number of hydrogen-bond donors (Lipinski definition) is 0. The fraction of sp³-hybridized carbons (Fsp3) is 0.0182. The van der Waals surface area contributed by atoms with Crippen molar-refractivity contribution >= 4 is 10.8 Å². The molecule has 1 atom stereocenters. The normalized spacial score (nSPS) is 14.5. The zero-order valence-corrected chi connectivity index (χ0v) is 32.3. The van der Waals surface area contributed by atoms with Crippen molar-refractivity contribution in [2.24, 2.45) is 0 Å². The molecule has 12 rings (SSSR count). The first-order valence-corrected chi connectivity index (χ1v) is 20.2. The van der Waals surface area contributed by atoms with Crippen molar-refractivity contribution in [3.05, 3.63) is 229 Å². The van der Waals surface area contributed by atoms with Gasteiger partial charge in [0.05, 0.1) is 5.41 Å². The number of fused-ring (bicyclic) bond motifs is 13. The van der Waals surface area contributed by atoms with E-state index in [4.69, 9.17) is 19.7 Å². The lowest BCUT2D eigenvalue weighted by molar-refractivity contribution is 0.440. The van der Waals surface area contributed by atoms with E-state index in [1.54, 1.807) is 6.20 Å². The van der Waals surface area contributed by atoms with Crippen molar-refractivity contribution in [2.75, 3.05) is 0 Å². The Morgan fingerprint density at radius 3 is 1.72 bits per heavy atom. The minimum Gasteiger partial charge on any atom is -0.456 e. The van der Waals surface area contributed by atoms with E-state index >= 15 is 0 Å². The molecule has 0 fully saturated rings. The van der Waals surface area contributed by atoms with Crippen molar-refractivity contribution in [3.63, 3.8) is 0 Å². The third-order valence-corrected chi connectivity index (χ3v) is 12.1. The molecule has 0 saturated carbocycles. The molecule has 280 valence electrons. The fourth-order valence-electron chi connectivity index (χ4n) is 9.42. The molecule has 8 aromatic carbocycles. The first kappa shape index (κ1) is 34.1. The van der Waals surface area contributed by atoms with Gasteiger partial charge >= 0.3 is 0 Å². The number of ether oxygens (including phenoxy) is 1. The summed E-state index contributed by atoms with van der Waals surface area (Å²) in [6, 6.07) is 68.5. The molecule has 0 radical (unpaired) electrons. The topological polar surface area (TPSA) is 60.8 Å². The van der Waals surface area contributed by atoms with Crippen LogP contribution in [0.5, 0.6) is 11.5 Å². The van der Waals surface area contributed by atoms with Crippen LogP contribution in [0.4, 0.5) is 0 Å². The van der Waals surface area contributed by atoms with Crippen molar-refractivity contribution in [3.8, 4) is 79.0 Å². The van der Waals surface area contributed by atoms with Gasteiger partial charge in [0.15, 0.2) is 17.5 Å². The molecule has 10 aromatic rings. The van der Waals surface area contributed by atoms with Gasteiger partial charge in [0, 0.05) is 45.6 Å². The minimum absolute atomic E-state index is 0.595. The van der Waals surface area contributed by atoms with Crippen LogP contribution in [0.2, 0.25) is 0 Å². The Bertz CT molecular complexity index is 3290. The van der Waals surface area contributed by atoms with Gasteiger partial charge < -0.3 is 4.74 Å². The van der Waals surface area contributed by atoms with Gasteiger partial charge in [-0.1, -0.05) is 176 Å². The van der Waals surface area contributed by atoms with Gasteiger partial charge in [0.1, 0.15) is 11.5 Å².